The highest BCUT2D eigenvalue weighted by molar-refractivity contribution is 5.91. The van der Waals surface area contributed by atoms with Crippen LogP contribution in [0.15, 0.2) is 41.3 Å². The van der Waals surface area contributed by atoms with E-state index in [0.29, 0.717) is 11.2 Å². The fourth-order valence-corrected chi connectivity index (χ4v) is 4.58. The normalized spacial score (nSPS) is 21.5. The monoisotopic (exact) mass is 520 g/mol. The number of hydrogen-bond donors (Lipinski definition) is 3. The number of ether oxygens (including phenoxy) is 1. The largest absolute Gasteiger partial charge is 0.407 e. The van der Waals surface area contributed by atoms with Gasteiger partial charge in [0, 0.05) is 24.0 Å². The van der Waals surface area contributed by atoms with Crippen molar-refractivity contribution in [3.05, 3.63) is 52.4 Å². The Balaban J connectivity index is 1.73. The van der Waals surface area contributed by atoms with Crippen LogP contribution in [0.25, 0.3) is 10.9 Å². The van der Waals surface area contributed by atoms with Crippen LogP contribution in [0.4, 0.5) is 29.1 Å². The molecule has 3 N–H and O–H groups in total. The summed E-state index contributed by atoms with van der Waals surface area (Å²) >= 11 is 0. The molecule has 3 aromatic rings. The first-order valence-electron chi connectivity index (χ1n) is 11.8. The van der Waals surface area contributed by atoms with E-state index in [-0.39, 0.29) is 42.8 Å². The van der Waals surface area contributed by atoms with Gasteiger partial charge < -0.3 is 15.0 Å². The number of hydrogen-bond acceptors (Lipinski definition) is 6. The van der Waals surface area contributed by atoms with Crippen LogP contribution in [0, 0.1) is 11.3 Å². The number of H-pyrrole nitrogens is 1. The lowest BCUT2D eigenvalue weighted by Gasteiger charge is -2.38. The van der Waals surface area contributed by atoms with Crippen molar-refractivity contribution < 1.29 is 22.3 Å². The molecule has 0 saturated carbocycles. The molecule has 1 aliphatic rings. The van der Waals surface area contributed by atoms with E-state index in [9.17, 15) is 23.2 Å². The van der Waals surface area contributed by atoms with Crippen molar-refractivity contribution in [2.24, 2.45) is 0 Å². The van der Waals surface area contributed by atoms with Crippen molar-refractivity contribution in [2.45, 2.75) is 63.1 Å². The van der Waals surface area contributed by atoms with E-state index in [2.05, 4.69) is 20.7 Å². The highest BCUT2D eigenvalue weighted by Gasteiger charge is 2.46. The van der Waals surface area contributed by atoms with E-state index in [0.717, 1.165) is 0 Å². The standard InChI is InChI=1S/C25H28F4N6O2/c1-23(2,3)33-20(25(27,28)29)15-4-6-16(7-5-15)32-21-19-17(8-12-31-22(19)36)35(34-21)24(9-11-30)10-13-37-14-18(24)26/h4-8,12,18,20,33H,9-10,13-14H2,1-3H3,(H,31,36)(H,32,34)/t18-,20+,24+/m0/s1. The zero-order valence-electron chi connectivity index (χ0n) is 20.6. The van der Waals surface area contributed by atoms with Crippen LogP contribution in [-0.4, -0.2) is 45.9 Å². The average molecular weight is 521 g/mol. The third-order valence-corrected chi connectivity index (χ3v) is 6.35. The summed E-state index contributed by atoms with van der Waals surface area (Å²) in [7, 11) is 0. The molecule has 0 unspecified atom stereocenters. The van der Waals surface area contributed by atoms with Gasteiger partial charge in [-0.15, -0.1) is 0 Å². The number of halogens is 4. The molecule has 0 spiro atoms. The Labute approximate surface area is 210 Å². The van der Waals surface area contributed by atoms with Crippen molar-refractivity contribution in [3.63, 3.8) is 0 Å². The number of aromatic amines is 1. The van der Waals surface area contributed by atoms with Gasteiger partial charge in [0.1, 0.15) is 23.1 Å². The quantitative estimate of drug-likeness (QED) is 0.402. The lowest BCUT2D eigenvalue weighted by atomic mass is 9.85. The fraction of sp³-hybridized carbons (Fsp3) is 0.480. The van der Waals surface area contributed by atoms with E-state index in [1.807, 2.05) is 6.07 Å². The minimum absolute atomic E-state index is 0.0247. The molecule has 4 rings (SSSR count). The lowest BCUT2D eigenvalue weighted by molar-refractivity contribution is -0.161. The summed E-state index contributed by atoms with van der Waals surface area (Å²) < 4.78 is 63.0. The molecular weight excluding hydrogens is 492 g/mol. The molecule has 1 saturated heterocycles. The number of alkyl halides is 4. The molecule has 0 amide bonds. The first-order chi connectivity index (χ1) is 17.4. The van der Waals surface area contributed by atoms with Crippen LogP contribution in [0.3, 0.4) is 0 Å². The molecular formula is C25H28F4N6O2. The minimum atomic E-state index is -4.51. The number of fused-ring (bicyclic) bond motifs is 1. The Morgan fingerprint density at radius 2 is 1.97 bits per heavy atom. The van der Waals surface area contributed by atoms with Crippen LogP contribution in [0.2, 0.25) is 0 Å². The van der Waals surface area contributed by atoms with Gasteiger partial charge in [-0.1, -0.05) is 12.1 Å². The third-order valence-electron chi connectivity index (χ3n) is 6.35. The molecule has 1 aliphatic heterocycles. The van der Waals surface area contributed by atoms with Crippen LogP contribution >= 0.6 is 0 Å². The third kappa shape index (κ3) is 5.33. The maximum absolute atomic E-state index is 15.2. The fourth-order valence-electron chi connectivity index (χ4n) is 4.58. The summed E-state index contributed by atoms with van der Waals surface area (Å²) in [5, 5.41) is 19.7. The number of anilines is 2. The van der Waals surface area contributed by atoms with Crippen molar-refractivity contribution in [1.29, 1.82) is 5.26 Å². The smallest absolute Gasteiger partial charge is 0.378 e. The van der Waals surface area contributed by atoms with Gasteiger partial charge in [0.2, 0.25) is 0 Å². The molecule has 0 aliphatic carbocycles. The van der Waals surface area contributed by atoms with E-state index in [1.165, 1.54) is 35.1 Å². The maximum Gasteiger partial charge on any atom is 0.407 e. The van der Waals surface area contributed by atoms with Crippen molar-refractivity contribution in [1.82, 2.24) is 20.1 Å². The van der Waals surface area contributed by atoms with Crippen LogP contribution in [0.5, 0.6) is 0 Å². The second-order valence-electron chi connectivity index (χ2n) is 10.2. The number of nitrogens with zero attached hydrogens (tertiary/aromatic N) is 3. The number of rotatable bonds is 6. The number of nitrogens with one attached hydrogen (secondary N) is 3. The lowest BCUT2D eigenvalue weighted by Crippen LogP contribution is -2.49. The molecule has 198 valence electrons. The molecule has 0 radical (unpaired) electrons. The van der Waals surface area contributed by atoms with E-state index >= 15 is 4.39 Å². The van der Waals surface area contributed by atoms with Gasteiger partial charge in [-0.25, -0.2) is 4.39 Å². The van der Waals surface area contributed by atoms with Gasteiger partial charge >= 0.3 is 6.18 Å². The van der Waals surface area contributed by atoms with Crippen molar-refractivity contribution >= 4 is 22.4 Å². The zero-order chi connectivity index (χ0) is 27.0. The minimum Gasteiger partial charge on any atom is -0.378 e. The van der Waals surface area contributed by atoms with E-state index in [1.54, 1.807) is 26.8 Å². The predicted molar refractivity (Wildman–Crippen MR) is 130 cm³/mol. The summed E-state index contributed by atoms with van der Waals surface area (Å²) in [4.78, 5) is 15.3. The Morgan fingerprint density at radius 3 is 2.57 bits per heavy atom. The van der Waals surface area contributed by atoms with Crippen LogP contribution < -0.4 is 16.2 Å². The van der Waals surface area contributed by atoms with E-state index < -0.39 is 35.0 Å². The van der Waals surface area contributed by atoms with Gasteiger partial charge in [-0.3, -0.25) is 14.8 Å². The molecule has 3 atom stereocenters. The SMILES string of the molecule is CC(C)(C)N[C@H](c1ccc(Nc2nn([C@]3(CC#N)CCOC[C@@H]3F)c3cc[nH]c(=O)c23)cc1)C(F)(F)F. The zero-order valence-corrected chi connectivity index (χ0v) is 20.6. The van der Waals surface area contributed by atoms with Gasteiger partial charge in [0.05, 0.1) is 24.6 Å². The predicted octanol–water partition coefficient (Wildman–Crippen LogP) is 4.83. The Bertz CT molecular complexity index is 1350. The molecule has 12 heteroatoms. The first-order valence-corrected chi connectivity index (χ1v) is 11.8. The van der Waals surface area contributed by atoms with Crippen LogP contribution in [0.1, 0.15) is 45.2 Å². The van der Waals surface area contributed by atoms with Gasteiger partial charge in [0.15, 0.2) is 5.82 Å². The number of benzene rings is 1. The molecule has 1 aromatic carbocycles. The Kier molecular flexibility index (Phi) is 7.05. The molecule has 3 heterocycles. The molecule has 0 bridgehead atoms. The van der Waals surface area contributed by atoms with Gasteiger partial charge in [-0.2, -0.15) is 23.5 Å². The first kappa shape index (κ1) is 26.6. The second kappa shape index (κ2) is 9.79. The van der Waals surface area contributed by atoms with Crippen LogP contribution in [-0.2, 0) is 10.3 Å². The molecule has 37 heavy (non-hydrogen) atoms. The van der Waals surface area contributed by atoms with E-state index in [4.69, 9.17) is 4.74 Å². The highest BCUT2D eigenvalue weighted by Crippen LogP contribution is 2.39. The molecule has 2 aromatic heterocycles. The van der Waals surface area contributed by atoms with Gasteiger partial charge in [0.25, 0.3) is 5.56 Å². The number of nitriles is 1. The molecule has 8 nitrogen and oxygen atoms in total. The van der Waals surface area contributed by atoms with Gasteiger partial charge in [-0.05, 0) is 51.0 Å². The summed E-state index contributed by atoms with van der Waals surface area (Å²) in [5.74, 6) is 0.0980. The maximum atomic E-state index is 15.2. The highest BCUT2D eigenvalue weighted by atomic mass is 19.4. The summed E-state index contributed by atoms with van der Waals surface area (Å²) in [6.07, 6.45) is -4.64. The average Bonchev–Trinajstić information content (AvgIpc) is 3.19. The Hall–Kier alpha value is -3.43. The van der Waals surface area contributed by atoms with Crippen molar-refractivity contribution in [3.8, 4) is 6.07 Å². The molecule has 1 fully saturated rings. The topological polar surface area (TPSA) is 108 Å². The van der Waals surface area contributed by atoms with Crippen molar-refractivity contribution in [2.75, 3.05) is 18.5 Å². The number of aromatic nitrogens is 3. The summed E-state index contributed by atoms with van der Waals surface area (Å²) in [6.45, 7) is 4.97. The Morgan fingerprint density at radius 1 is 1.27 bits per heavy atom. The summed E-state index contributed by atoms with van der Waals surface area (Å²) in [5.41, 5.74) is -1.86. The number of pyridine rings is 1. The summed E-state index contributed by atoms with van der Waals surface area (Å²) in [6, 6.07) is 7.33. The second-order valence-corrected chi connectivity index (χ2v) is 10.2.